The van der Waals surface area contributed by atoms with E-state index in [0.29, 0.717) is 22.9 Å². The quantitative estimate of drug-likeness (QED) is 0.927. The van der Waals surface area contributed by atoms with E-state index in [0.717, 1.165) is 12.8 Å². The van der Waals surface area contributed by atoms with Crippen LogP contribution in [0.15, 0.2) is 18.2 Å². The summed E-state index contributed by atoms with van der Waals surface area (Å²) in [6.07, 6.45) is 2.04. The molecule has 1 N–H and O–H groups in total. The van der Waals surface area contributed by atoms with Crippen molar-refractivity contribution in [3.05, 3.63) is 23.2 Å². The number of rotatable bonds is 4. The topological polar surface area (TPSA) is 58.6 Å². The lowest BCUT2D eigenvalue weighted by molar-refractivity contribution is -0.129. The van der Waals surface area contributed by atoms with Crippen molar-refractivity contribution < 1.29 is 14.3 Å². The molecule has 1 unspecified atom stereocenters. The number of halogens is 1. The highest BCUT2D eigenvalue weighted by molar-refractivity contribution is 6.31. The molecule has 5 nitrogen and oxygen atoms in total. The Bertz CT molecular complexity index is 586. The molecule has 1 aromatic rings. The number of amides is 2. The highest BCUT2D eigenvalue weighted by Crippen LogP contribution is 2.36. The van der Waals surface area contributed by atoms with E-state index in [4.69, 9.17) is 16.3 Å². The van der Waals surface area contributed by atoms with Gasteiger partial charge in [0.15, 0.2) is 6.10 Å². The van der Waals surface area contributed by atoms with Gasteiger partial charge < -0.3 is 10.1 Å². The van der Waals surface area contributed by atoms with Gasteiger partial charge in [0.25, 0.3) is 5.91 Å². The zero-order chi connectivity index (χ0) is 15.0. The van der Waals surface area contributed by atoms with E-state index in [2.05, 4.69) is 5.32 Å². The van der Waals surface area contributed by atoms with E-state index in [-0.39, 0.29) is 24.4 Å². The highest BCUT2D eigenvalue weighted by atomic mass is 35.5. The van der Waals surface area contributed by atoms with Crippen molar-refractivity contribution in [3.8, 4) is 5.75 Å². The zero-order valence-corrected chi connectivity index (χ0v) is 12.5. The van der Waals surface area contributed by atoms with Gasteiger partial charge >= 0.3 is 0 Å². The Hall–Kier alpha value is -1.75. The molecule has 0 radical (unpaired) electrons. The number of hydrogen-bond acceptors (Lipinski definition) is 3. The molecular formula is C15H17ClN2O3. The standard InChI is InChI=1S/C15H17ClN2O3/c1-2-12-15(20)18(8-14(19)17-10-4-5-10)11-7-9(16)3-6-13(11)21-12/h3,6-7,10,12H,2,4-5,8H2,1H3,(H,17,19). The predicted molar refractivity (Wildman–Crippen MR) is 79.7 cm³/mol. The van der Waals surface area contributed by atoms with E-state index < -0.39 is 6.10 Å². The molecule has 2 aliphatic rings. The molecule has 21 heavy (non-hydrogen) atoms. The van der Waals surface area contributed by atoms with Crippen molar-refractivity contribution in [2.24, 2.45) is 0 Å². The third-order valence-electron chi connectivity index (χ3n) is 3.64. The second kappa shape index (κ2) is 5.56. The number of benzene rings is 1. The van der Waals surface area contributed by atoms with Gasteiger partial charge in [0.1, 0.15) is 12.3 Å². The predicted octanol–water partition coefficient (Wildman–Crippen LogP) is 2.12. The average molecular weight is 309 g/mol. The van der Waals surface area contributed by atoms with Crippen LogP contribution in [0.4, 0.5) is 5.69 Å². The Balaban J connectivity index is 1.86. The first kappa shape index (κ1) is 14.2. The molecule has 0 aromatic heterocycles. The molecule has 1 aromatic carbocycles. The number of nitrogens with one attached hydrogen (secondary N) is 1. The second-order valence-electron chi connectivity index (χ2n) is 5.39. The molecule has 1 aliphatic carbocycles. The fourth-order valence-electron chi connectivity index (χ4n) is 2.36. The van der Waals surface area contributed by atoms with E-state index in [1.165, 1.54) is 4.90 Å². The zero-order valence-electron chi connectivity index (χ0n) is 11.8. The van der Waals surface area contributed by atoms with Gasteiger partial charge in [0.2, 0.25) is 5.91 Å². The monoisotopic (exact) mass is 308 g/mol. The van der Waals surface area contributed by atoms with E-state index in [1.807, 2.05) is 6.92 Å². The van der Waals surface area contributed by atoms with Gasteiger partial charge in [0.05, 0.1) is 5.69 Å². The number of nitrogens with zero attached hydrogens (tertiary/aromatic N) is 1. The molecule has 0 spiro atoms. The maximum Gasteiger partial charge on any atom is 0.268 e. The lowest BCUT2D eigenvalue weighted by Gasteiger charge is -2.33. The van der Waals surface area contributed by atoms with Crippen LogP contribution in [0.25, 0.3) is 0 Å². The number of carbonyl (C=O) groups excluding carboxylic acids is 2. The fraction of sp³-hybridized carbons (Fsp3) is 0.467. The van der Waals surface area contributed by atoms with Crippen molar-refractivity contribution in [2.75, 3.05) is 11.4 Å². The maximum absolute atomic E-state index is 12.4. The van der Waals surface area contributed by atoms with Crippen LogP contribution in [-0.2, 0) is 9.59 Å². The Labute approximate surface area is 128 Å². The van der Waals surface area contributed by atoms with Crippen LogP contribution in [0.1, 0.15) is 26.2 Å². The molecule has 0 bridgehead atoms. The highest BCUT2D eigenvalue weighted by Gasteiger charge is 2.35. The van der Waals surface area contributed by atoms with E-state index >= 15 is 0 Å². The largest absolute Gasteiger partial charge is 0.478 e. The van der Waals surface area contributed by atoms with Crippen molar-refractivity contribution in [3.63, 3.8) is 0 Å². The van der Waals surface area contributed by atoms with Crippen molar-refractivity contribution >= 4 is 29.1 Å². The summed E-state index contributed by atoms with van der Waals surface area (Å²) in [5.41, 5.74) is 0.558. The fourth-order valence-corrected chi connectivity index (χ4v) is 2.53. The number of anilines is 1. The average Bonchev–Trinajstić information content (AvgIpc) is 3.26. The smallest absolute Gasteiger partial charge is 0.268 e. The first-order valence-corrected chi connectivity index (χ1v) is 7.53. The van der Waals surface area contributed by atoms with Crippen LogP contribution in [0.2, 0.25) is 5.02 Å². The third kappa shape index (κ3) is 2.97. The van der Waals surface area contributed by atoms with Crippen LogP contribution in [0.5, 0.6) is 5.75 Å². The lowest BCUT2D eigenvalue weighted by atomic mass is 10.1. The van der Waals surface area contributed by atoms with Crippen molar-refractivity contribution in [1.82, 2.24) is 5.32 Å². The minimum Gasteiger partial charge on any atom is -0.478 e. The van der Waals surface area contributed by atoms with Gasteiger partial charge in [-0.1, -0.05) is 18.5 Å². The molecule has 2 amide bonds. The Kier molecular flexibility index (Phi) is 3.76. The molecule has 1 saturated carbocycles. The van der Waals surface area contributed by atoms with Gasteiger partial charge in [-0.15, -0.1) is 0 Å². The molecule has 112 valence electrons. The first-order valence-electron chi connectivity index (χ1n) is 7.15. The molecule has 0 saturated heterocycles. The summed E-state index contributed by atoms with van der Waals surface area (Å²) >= 11 is 6.00. The molecule has 1 aliphatic heterocycles. The minimum atomic E-state index is -0.549. The minimum absolute atomic E-state index is 0.00252. The van der Waals surface area contributed by atoms with Crippen LogP contribution in [-0.4, -0.2) is 30.5 Å². The first-order chi connectivity index (χ1) is 10.1. The SMILES string of the molecule is CCC1Oc2ccc(Cl)cc2N(CC(=O)NC2CC2)C1=O. The number of fused-ring (bicyclic) bond motifs is 1. The van der Waals surface area contributed by atoms with Crippen LogP contribution in [0, 0.1) is 0 Å². The van der Waals surface area contributed by atoms with Crippen LogP contribution < -0.4 is 15.0 Å². The summed E-state index contributed by atoms with van der Waals surface area (Å²) in [6, 6.07) is 5.38. The van der Waals surface area contributed by atoms with Gasteiger partial charge in [0, 0.05) is 11.1 Å². The summed E-state index contributed by atoms with van der Waals surface area (Å²) in [5, 5.41) is 3.40. The Morgan fingerprint density at radius 1 is 1.48 bits per heavy atom. The van der Waals surface area contributed by atoms with E-state index in [9.17, 15) is 9.59 Å². The van der Waals surface area contributed by atoms with Crippen molar-refractivity contribution in [2.45, 2.75) is 38.3 Å². The lowest BCUT2D eigenvalue weighted by Crippen LogP contribution is -2.49. The number of carbonyl (C=O) groups is 2. The second-order valence-corrected chi connectivity index (χ2v) is 5.83. The molecule has 6 heteroatoms. The summed E-state index contributed by atoms with van der Waals surface area (Å²) in [7, 11) is 0. The van der Waals surface area contributed by atoms with Gasteiger partial charge in [-0.25, -0.2) is 0 Å². The molecular weight excluding hydrogens is 292 g/mol. The molecule has 1 atom stereocenters. The normalized spacial score (nSPS) is 20.8. The Morgan fingerprint density at radius 2 is 2.24 bits per heavy atom. The summed E-state index contributed by atoms with van der Waals surface area (Å²) in [4.78, 5) is 25.9. The van der Waals surface area contributed by atoms with E-state index in [1.54, 1.807) is 18.2 Å². The summed E-state index contributed by atoms with van der Waals surface area (Å²) < 4.78 is 5.67. The van der Waals surface area contributed by atoms with Gasteiger partial charge in [-0.3, -0.25) is 14.5 Å². The molecule has 1 heterocycles. The number of hydrogen-bond donors (Lipinski definition) is 1. The molecule has 1 fully saturated rings. The Morgan fingerprint density at radius 3 is 2.90 bits per heavy atom. The molecule has 3 rings (SSSR count). The van der Waals surface area contributed by atoms with Gasteiger partial charge in [-0.2, -0.15) is 0 Å². The van der Waals surface area contributed by atoms with Crippen molar-refractivity contribution in [1.29, 1.82) is 0 Å². The third-order valence-corrected chi connectivity index (χ3v) is 3.87. The summed E-state index contributed by atoms with van der Waals surface area (Å²) in [6.45, 7) is 1.88. The van der Waals surface area contributed by atoms with Crippen LogP contribution >= 0.6 is 11.6 Å². The number of ether oxygens (including phenoxy) is 1. The van der Waals surface area contributed by atoms with Gasteiger partial charge in [-0.05, 0) is 37.5 Å². The maximum atomic E-state index is 12.4. The summed E-state index contributed by atoms with van der Waals surface area (Å²) in [5.74, 6) is 0.247. The van der Waals surface area contributed by atoms with Crippen LogP contribution in [0.3, 0.4) is 0 Å².